The van der Waals surface area contributed by atoms with Crippen molar-refractivity contribution in [1.82, 2.24) is 10.4 Å². The number of nitrogens with zero attached hydrogens (tertiary/aromatic N) is 2. The molecule has 23 heavy (non-hydrogen) atoms. The van der Waals surface area contributed by atoms with Crippen LogP contribution in [-0.2, 0) is 0 Å². The summed E-state index contributed by atoms with van der Waals surface area (Å²) < 4.78 is 0. The summed E-state index contributed by atoms with van der Waals surface area (Å²) in [6.07, 6.45) is 1.44. The van der Waals surface area contributed by atoms with E-state index in [-0.39, 0.29) is 5.69 Å². The number of rotatable bonds is 3. The van der Waals surface area contributed by atoms with E-state index in [9.17, 15) is 4.79 Å². The smallest absolute Gasteiger partial charge is 0.266 e. The van der Waals surface area contributed by atoms with E-state index in [0.29, 0.717) is 15.6 Å². The number of pyridine rings is 1. The predicted molar refractivity (Wildman–Crippen MR) is 93.3 cm³/mol. The van der Waals surface area contributed by atoms with Crippen LogP contribution in [0.25, 0.3) is 10.9 Å². The van der Waals surface area contributed by atoms with E-state index < -0.39 is 5.91 Å². The second kappa shape index (κ2) is 6.77. The zero-order chi connectivity index (χ0) is 16.2. The summed E-state index contributed by atoms with van der Waals surface area (Å²) in [5, 5.41) is 5.68. The predicted octanol–water partition coefficient (Wildman–Crippen LogP) is 4.31. The Morgan fingerprint density at radius 3 is 2.74 bits per heavy atom. The van der Waals surface area contributed by atoms with Gasteiger partial charge in [0.05, 0.1) is 21.8 Å². The first-order valence-electron chi connectivity index (χ1n) is 6.78. The first-order valence-corrected chi connectivity index (χ1v) is 7.54. The van der Waals surface area contributed by atoms with Crippen LogP contribution in [0.4, 0.5) is 0 Å². The highest BCUT2D eigenvalue weighted by atomic mass is 35.5. The van der Waals surface area contributed by atoms with E-state index in [1.165, 1.54) is 6.21 Å². The standard InChI is InChI=1S/C17H11Cl2N3O/c18-13-6-3-5-12(16(13)19)10-20-22-17(23)15-9-8-11-4-1-2-7-14(11)21-15/h1-10H,(H,22,23). The molecule has 0 saturated heterocycles. The molecule has 3 rings (SSSR count). The minimum absolute atomic E-state index is 0.290. The molecule has 1 heterocycles. The topological polar surface area (TPSA) is 54.4 Å². The second-order valence-corrected chi connectivity index (χ2v) is 5.52. The Morgan fingerprint density at radius 1 is 1.04 bits per heavy atom. The number of hydrogen-bond acceptors (Lipinski definition) is 3. The van der Waals surface area contributed by atoms with E-state index in [1.54, 1.807) is 24.3 Å². The highest BCUT2D eigenvalue weighted by Gasteiger charge is 2.07. The fourth-order valence-corrected chi connectivity index (χ4v) is 2.39. The molecule has 2 aromatic carbocycles. The molecule has 0 unspecified atom stereocenters. The first-order chi connectivity index (χ1) is 11.1. The average molecular weight is 344 g/mol. The number of benzene rings is 2. The Labute approximate surface area is 142 Å². The Bertz CT molecular complexity index is 909. The van der Waals surface area contributed by atoms with Gasteiger partial charge in [-0.1, -0.05) is 59.6 Å². The van der Waals surface area contributed by atoms with Gasteiger partial charge in [0.1, 0.15) is 5.69 Å². The molecule has 1 aromatic heterocycles. The van der Waals surface area contributed by atoms with Crippen LogP contribution < -0.4 is 5.43 Å². The summed E-state index contributed by atoms with van der Waals surface area (Å²) >= 11 is 12.0. The van der Waals surface area contributed by atoms with Crippen LogP contribution in [0, 0.1) is 0 Å². The highest BCUT2D eigenvalue weighted by Crippen LogP contribution is 2.24. The summed E-state index contributed by atoms with van der Waals surface area (Å²) in [7, 11) is 0. The van der Waals surface area contributed by atoms with Crippen molar-refractivity contribution in [2.45, 2.75) is 0 Å². The van der Waals surface area contributed by atoms with Gasteiger partial charge in [-0.05, 0) is 18.2 Å². The third-order valence-electron chi connectivity index (χ3n) is 3.18. The molecule has 0 radical (unpaired) electrons. The van der Waals surface area contributed by atoms with Crippen LogP contribution >= 0.6 is 23.2 Å². The normalized spacial score (nSPS) is 11.0. The molecule has 0 atom stereocenters. The molecular weight excluding hydrogens is 333 g/mol. The van der Waals surface area contributed by atoms with Gasteiger partial charge in [-0.2, -0.15) is 5.10 Å². The summed E-state index contributed by atoms with van der Waals surface area (Å²) in [6, 6.07) is 16.2. The number of amides is 1. The number of hydrazone groups is 1. The van der Waals surface area contributed by atoms with Crippen molar-refractivity contribution in [1.29, 1.82) is 0 Å². The van der Waals surface area contributed by atoms with Crippen LogP contribution in [0.5, 0.6) is 0 Å². The lowest BCUT2D eigenvalue weighted by Gasteiger charge is -2.02. The maximum Gasteiger partial charge on any atom is 0.289 e. The monoisotopic (exact) mass is 343 g/mol. The lowest BCUT2D eigenvalue weighted by molar-refractivity contribution is 0.0950. The molecule has 0 spiro atoms. The molecule has 0 aliphatic heterocycles. The highest BCUT2D eigenvalue weighted by molar-refractivity contribution is 6.43. The lowest BCUT2D eigenvalue weighted by atomic mass is 10.2. The molecule has 0 aliphatic rings. The SMILES string of the molecule is O=C(NN=Cc1cccc(Cl)c1Cl)c1ccc2ccccc2n1. The minimum Gasteiger partial charge on any atom is -0.266 e. The molecule has 114 valence electrons. The average Bonchev–Trinajstić information content (AvgIpc) is 2.58. The third-order valence-corrected chi connectivity index (χ3v) is 4.02. The van der Waals surface area contributed by atoms with Crippen molar-refractivity contribution in [2.75, 3.05) is 0 Å². The van der Waals surface area contributed by atoms with Gasteiger partial charge >= 0.3 is 0 Å². The molecular formula is C17H11Cl2N3O. The van der Waals surface area contributed by atoms with Gasteiger partial charge < -0.3 is 0 Å². The van der Waals surface area contributed by atoms with Gasteiger partial charge in [0.15, 0.2) is 0 Å². The van der Waals surface area contributed by atoms with Gasteiger partial charge in [0, 0.05) is 10.9 Å². The second-order valence-electron chi connectivity index (χ2n) is 4.73. The Kier molecular flexibility index (Phi) is 4.55. The summed E-state index contributed by atoms with van der Waals surface area (Å²) in [6.45, 7) is 0. The number of aromatic nitrogens is 1. The Morgan fingerprint density at radius 2 is 1.87 bits per heavy atom. The largest absolute Gasteiger partial charge is 0.289 e. The van der Waals surface area contributed by atoms with E-state index in [0.717, 1.165) is 10.9 Å². The van der Waals surface area contributed by atoms with Gasteiger partial charge in [-0.15, -0.1) is 0 Å². The first kappa shape index (κ1) is 15.5. The van der Waals surface area contributed by atoms with Crippen LogP contribution in [0.2, 0.25) is 10.0 Å². The molecule has 0 saturated carbocycles. The molecule has 1 amide bonds. The maximum absolute atomic E-state index is 12.1. The van der Waals surface area contributed by atoms with E-state index in [1.807, 2.05) is 30.3 Å². The lowest BCUT2D eigenvalue weighted by Crippen LogP contribution is -2.19. The van der Waals surface area contributed by atoms with Gasteiger partial charge in [-0.3, -0.25) is 4.79 Å². The quantitative estimate of drug-likeness (QED) is 0.569. The third kappa shape index (κ3) is 3.50. The Balaban J connectivity index is 1.75. The van der Waals surface area contributed by atoms with E-state index >= 15 is 0 Å². The zero-order valence-electron chi connectivity index (χ0n) is 11.8. The summed E-state index contributed by atoms with van der Waals surface area (Å²) in [5.41, 5.74) is 4.08. The van der Waals surface area contributed by atoms with Crippen molar-refractivity contribution in [3.05, 3.63) is 75.9 Å². The summed E-state index contributed by atoms with van der Waals surface area (Å²) in [4.78, 5) is 16.4. The molecule has 0 fully saturated rings. The molecule has 0 bridgehead atoms. The van der Waals surface area contributed by atoms with Crippen LogP contribution in [0.3, 0.4) is 0 Å². The van der Waals surface area contributed by atoms with E-state index in [2.05, 4.69) is 15.5 Å². The molecule has 3 aromatic rings. The van der Waals surface area contributed by atoms with Crippen molar-refractivity contribution < 1.29 is 4.79 Å². The van der Waals surface area contributed by atoms with Crippen molar-refractivity contribution in [3.8, 4) is 0 Å². The molecule has 4 nitrogen and oxygen atoms in total. The van der Waals surface area contributed by atoms with Gasteiger partial charge in [-0.25, -0.2) is 10.4 Å². The Hall–Kier alpha value is -2.43. The van der Waals surface area contributed by atoms with Crippen molar-refractivity contribution in [3.63, 3.8) is 0 Å². The maximum atomic E-state index is 12.1. The zero-order valence-corrected chi connectivity index (χ0v) is 13.3. The van der Waals surface area contributed by atoms with Gasteiger partial charge in [0.25, 0.3) is 5.91 Å². The fourth-order valence-electron chi connectivity index (χ4n) is 2.03. The number of halogens is 2. The number of nitrogens with one attached hydrogen (secondary N) is 1. The molecule has 1 N–H and O–H groups in total. The fraction of sp³-hybridized carbons (Fsp3) is 0. The molecule has 0 aliphatic carbocycles. The number of carbonyl (C=O) groups is 1. The number of para-hydroxylation sites is 1. The van der Waals surface area contributed by atoms with Crippen LogP contribution in [0.15, 0.2) is 59.7 Å². The summed E-state index contributed by atoms with van der Waals surface area (Å²) in [5.74, 6) is -0.398. The number of fused-ring (bicyclic) bond motifs is 1. The van der Waals surface area contributed by atoms with Crippen LogP contribution in [0.1, 0.15) is 16.1 Å². The van der Waals surface area contributed by atoms with Crippen molar-refractivity contribution >= 4 is 46.2 Å². The van der Waals surface area contributed by atoms with Gasteiger partial charge in [0.2, 0.25) is 0 Å². The molecule has 6 heteroatoms. The number of hydrogen-bond donors (Lipinski definition) is 1. The van der Waals surface area contributed by atoms with Crippen molar-refractivity contribution in [2.24, 2.45) is 5.10 Å². The van der Waals surface area contributed by atoms with Crippen LogP contribution in [-0.4, -0.2) is 17.1 Å². The minimum atomic E-state index is -0.398. The van der Waals surface area contributed by atoms with E-state index in [4.69, 9.17) is 23.2 Å². The number of carbonyl (C=O) groups excluding carboxylic acids is 1.